The van der Waals surface area contributed by atoms with Crippen molar-refractivity contribution in [1.82, 2.24) is 10.6 Å². The molecule has 0 radical (unpaired) electrons. The topological polar surface area (TPSA) is 53.2 Å². The molecule has 4 nitrogen and oxygen atoms in total. The highest BCUT2D eigenvalue weighted by Crippen LogP contribution is 2.25. The minimum atomic E-state index is 0.0488. The summed E-state index contributed by atoms with van der Waals surface area (Å²) >= 11 is 0. The molecule has 1 aromatic rings. The van der Waals surface area contributed by atoms with Crippen molar-refractivity contribution in [2.75, 3.05) is 18.4 Å². The summed E-state index contributed by atoms with van der Waals surface area (Å²) in [5, 5.41) is 9.54. The quantitative estimate of drug-likeness (QED) is 0.755. The van der Waals surface area contributed by atoms with E-state index in [1.807, 2.05) is 13.8 Å². The van der Waals surface area contributed by atoms with Gasteiger partial charge in [-0.25, -0.2) is 0 Å². The zero-order valence-corrected chi connectivity index (χ0v) is 11.8. The number of carbonyl (C=O) groups excluding carboxylic acids is 1. The third-order valence-electron chi connectivity index (χ3n) is 3.21. The molecule has 1 heterocycles. The number of hydrogen-bond acceptors (Lipinski definition) is 3. The molecule has 1 aromatic carbocycles. The van der Waals surface area contributed by atoms with Crippen LogP contribution in [0.15, 0.2) is 18.2 Å². The largest absolute Gasteiger partial charge is 0.385 e. The van der Waals surface area contributed by atoms with E-state index < -0.39 is 0 Å². The number of benzene rings is 1. The number of aryl methyl sites for hydroxylation is 1. The van der Waals surface area contributed by atoms with E-state index in [-0.39, 0.29) is 11.9 Å². The third kappa shape index (κ3) is 3.96. The predicted octanol–water partition coefficient (Wildman–Crippen LogP) is 1.66. The van der Waals surface area contributed by atoms with Crippen LogP contribution in [0.1, 0.15) is 31.4 Å². The Labute approximate surface area is 115 Å². The number of hydrogen-bond donors (Lipinski definition) is 3. The first-order valence-corrected chi connectivity index (χ1v) is 7.01. The average Bonchev–Trinajstić information content (AvgIpc) is 2.38. The number of amides is 1. The fourth-order valence-electron chi connectivity index (χ4n) is 2.41. The van der Waals surface area contributed by atoms with Crippen molar-refractivity contribution in [2.24, 2.45) is 0 Å². The first-order chi connectivity index (χ1) is 9.16. The van der Waals surface area contributed by atoms with Crippen molar-refractivity contribution in [3.63, 3.8) is 0 Å². The number of carbonyl (C=O) groups is 1. The van der Waals surface area contributed by atoms with Gasteiger partial charge < -0.3 is 16.0 Å². The maximum Gasteiger partial charge on any atom is 0.234 e. The number of rotatable bonds is 5. The van der Waals surface area contributed by atoms with Crippen LogP contribution in [0.5, 0.6) is 0 Å². The first-order valence-electron chi connectivity index (χ1n) is 7.01. The second-order valence-electron chi connectivity index (χ2n) is 5.31. The summed E-state index contributed by atoms with van der Waals surface area (Å²) in [6.07, 6.45) is 2.34. The van der Waals surface area contributed by atoms with E-state index in [0.29, 0.717) is 6.54 Å². The molecule has 0 bridgehead atoms. The van der Waals surface area contributed by atoms with Crippen LogP contribution >= 0.6 is 0 Å². The van der Waals surface area contributed by atoms with Crippen LogP contribution in [0.2, 0.25) is 0 Å². The standard InChI is InChI=1S/C15H23N3O/c1-11(2)18-14(19)10-16-9-13-6-3-5-12-7-4-8-17-15(12)13/h3,5-6,11,16-17H,4,7-10H2,1-2H3,(H,18,19). The third-order valence-corrected chi connectivity index (χ3v) is 3.21. The van der Waals surface area contributed by atoms with E-state index >= 15 is 0 Å². The van der Waals surface area contributed by atoms with Gasteiger partial charge in [0.15, 0.2) is 0 Å². The van der Waals surface area contributed by atoms with E-state index in [2.05, 4.69) is 34.1 Å². The van der Waals surface area contributed by atoms with Crippen LogP contribution in [-0.4, -0.2) is 25.0 Å². The second-order valence-corrected chi connectivity index (χ2v) is 5.31. The molecule has 1 amide bonds. The molecule has 4 heteroatoms. The lowest BCUT2D eigenvalue weighted by molar-refractivity contribution is -0.120. The molecule has 0 fully saturated rings. The Kier molecular flexibility index (Phi) is 4.80. The summed E-state index contributed by atoms with van der Waals surface area (Å²) in [4.78, 5) is 11.5. The van der Waals surface area contributed by atoms with Gasteiger partial charge in [0.2, 0.25) is 5.91 Å². The van der Waals surface area contributed by atoms with Gasteiger partial charge in [-0.2, -0.15) is 0 Å². The minimum Gasteiger partial charge on any atom is -0.385 e. The smallest absolute Gasteiger partial charge is 0.234 e. The summed E-state index contributed by atoms with van der Waals surface area (Å²) in [6.45, 7) is 6.06. The summed E-state index contributed by atoms with van der Waals surface area (Å²) in [5.74, 6) is 0.0488. The van der Waals surface area contributed by atoms with Gasteiger partial charge in [0.05, 0.1) is 6.54 Å². The highest BCUT2D eigenvalue weighted by molar-refractivity contribution is 5.78. The lowest BCUT2D eigenvalue weighted by Gasteiger charge is -2.21. The van der Waals surface area contributed by atoms with Crippen LogP contribution in [0, 0.1) is 0 Å². The van der Waals surface area contributed by atoms with Crippen molar-refractivity contribution in [3.05, 3.63) is 29.3 Å². The molecule has 104 valence electrons. The van der Waals surface area contributed by atoms with Crippen LogP contribution in [-0.2, 0) is 17.8 Å². The SMILES string of the molecule is CC(C)NC(=O)CNCc1cccc2c1NCCC2. The Morgan fingerprint density at radius 1 is 1.42 bits per heavy atom. The predicted molar refractivity (Wildman–Crippen MR) is 78.2 cm³/mol. The van der Waals surface area contributed by atoms with Crippen molar-refractivity contribution in [3.8, 4) is 0 Å². The summed E-state index contributed by atoms with van der Waals surface area (Å²) in [7, 11) is 0. The second kappa shape index (κ2) is 6.57. The van der Waals surface area contributed by atoms with Gasteiger partial charge >= 0.3 is 0 Å². The summed E-state index contributed by atoms with van der Waals surface area (Å²) < 4.78 is 0. The maximum atomic E-state index is 11.5. The van der Waals surface area contributed by atoms with Gasteiger partial charge in [-0.05, 0) is 37.8 Å². The van der Waals surface area contributed by atoms with Gasteiger partial charge in [-0.1, -0.05) is 18.2 Å². The van der Waals surface area contributed by atoms with Crippen molar-refractivity contribution in [1.29, 1.82) is 0 Å². The molecule has 1 aliphatic heterocycles. The van der Waals surface area contributed by atoms with E-state index in [4.69, 9.17) is 0 Å². The monoisotopic (exact) mass is 261 g/mol. The van der Waals surface area contributed by atoms with Crippen LogP contribution in [0.4, 0.5) is 5.69 Å². The average molecular weight is 261 g/mol. The van der Waals surface area contributed by atoms with Gasteiger partial charge in [0.1, 0.15) is 0 Å². The van der Waals surface area contributed by atoms with Gasteiger partial charge in [0.25, 0.3) is 0 Å². The number of para-hydroxylation sites is 1. The zero-order valence-electron chi connectivity index (χ0n) is 11.8. The molecule has 0 saturated heterocycles. The Bertz CT molecular complexity index is 443. The molecule has 1 aliphatic rings. The van der Waals surface area contributed by atoms with Crippen molar-refractivity contribution < 1.29 is 4.79 Å². The van der Waals surface area contributed by atoms with Gasteiger partial charge in [-0.15, -0.1) is 0 Å². The minimum absolute atomic E-state index is 0.0488. The molecule has 0 aromatic heterocycles. The Hall–Kier alpha value is -1.55. The number of anilines is 1. The van der Waals surface area contributed by atoms with Gasteiger partial charge in [-0.3, -0.25) is 4.79 Å². The van der Waals surface area contributed by atoms with E-state index in [9.17, 15) is 4.79 Å². The molecule has 0 unspecified atom stereocenters. The molecule has 3 N–H and O–H groups in total. The Morgan fingerprint density at radius 2 is 2.26 bits per heavy atom. The van der Waals surface area contributed by atoms with Crippen molar-refractivity contribution in [2.45, 2.75) is 39.3 Å². The lowest BCUT2D eigenvalue weighted by atomic mass is 9.99. The highest BCUT2D eigenvalue weighted by atomic mass is 16.1. The van der Waals surface area contributed by atoms with Crippen LogP contribution in [0.25, 0.3) is 0 Å². The fraction of sp³-hybridized carbons (Fsp3) is 0.533. The summed E-state index contributed by atoms with van der Waals surface area (Å²) in [5.41, 5.74) is 3.89. The Morgan fingerprint density at radius 3 is 3.05 bits per heavy atom. The lowest BCUT2D eigenvalue weighted by Crippen LogP contribution is -2.37. The molecule has 19 heavy (non-hydrogen) atoms. The molecule has 0 atom stereocenters. The Balaban J connectivity index is 1.88. The zero-order chi connectivity index (χ0) is 13.7. The molecule has 2 rings (SSSR count). The van der Waals surface area contributed by atoms with Crippen LogP contribution in [0.3, 0.4) is 0 Å². The fourth-order valence-corrected chi connectivity index (χ4v) is 2.41. The van der Waals surface area contributed by atoms with E-state index in [1.54, 1.807) is 0 Å². The highest BCUT2D eigenvalue weighted by Gasteiger charge is 2.12. The molecule has 0 saturated carbocycles. The molecule has 0 spiro atoms. The normalized spacial score (nSPS) is 13.8. The number of fused-ring (bicyclic) bond motifs is 1. The molecular weight excluding hydrogens is 238 g/mol. The van der Waals surface area contributed by atoms with Crippen molar-refractivity contribution >= 4 is 11.6 Å². The summed E-state index contributed by atoms with van der Waals surface area (Å²) in [6, 6.07) is 6.58. The molecular formula is C15H23N3O. The van der Waals surface area contributed by atoms with E-state index in [1.165, 1.54) is 23.2 Å². The van der Waals surface area contributed by atoms with Crippen LogP contribution < -0.4 is 16.0 Å². The van der Waals surface area contributed by atoms with E-state index in [0.717, 1.165) is 19.5 Å². The molecule has 0 aliphatic carbocycles. The first kappa shape index (κ1) is 13.9. The number of nitrogens with one attached hydrogen (secondary N) is 3. The maximum absolute atomic E-state index is 11.5. The van der Waals surface area contributed by atoms with Gasteiger partial charge in [0, 0.05) is 24.8 Å².